The summed E-state index contributed by atoms with van der Waals surface area (Å²) in [7, 11) is 0. The smallest absolute Gasteiger partial charge is 0.131 e. The molecular weight excluding hydrogens is 283 g/mol. The SMILES string of the molecule is Cc1cc2cc3ccccc3cc2c(-c2ccccc2F)c1C. The zero-order valence-electron chi connectivity index (χ0n) is 13.2. The predicted octanol–water partition coefficient (Wildman–Crippen LogP) is 6.42. The van der Waals surface area contributed by atoms with E-state index in [1.165, 1.54) is 22.4 Å². The lowest BCUT2D eigenvalue weighted by molar-refractivity contribution is 0.631. The van der Waals surface area contributed by atoms with Crippen LogP contribution in [0, 0.1) is 19.7 Å². The minimum Gasteiger partial charge on any atom is -0.206 e. The molecule has 0 aliphatic rings. The van der Waals surface area contributed by atoms with Crippen molar-refractivity contribution in [3.63, 3.8) is 0 Å². The van der Waals surface area contributed by atoms with Crippen molar-refractivity contribution in [3.05, 3.63) is 83.7 Å². The Bertz CT molecular complexity index is 1040. The second-order valence-electron chi connectivity index (χ2n) is 6.09. The molecule has 0 nitrogen and oxygen atoms in total. The average Bonchev–Trinajstić information content (AvgIpc) is 2.56. The third-order valence-corrected chi connectivity index (χ3v) is 4.67. The fourth-order valence-corrected chi connectivity index (χ4v) is 3.35. The third kappa shape index (κ3) is 2.20. The van der Waals surface area contributed by atoms with Gasteiger partial charge in [-0.2, -0.15) is 0 Å². The van der Waals surface area contributed by atoms with Gasteiger partial charge >= 0.3 is 0 Å². The van der Waals surface area contributed by atoms with Crippen LogP contribution in [0.4, 0.5) is 4.39 Å². The number of halogens is 1. The normalized spacial score (nSPS) is 11.3. The Hall–Kier alpha value is -2.67. The van der Waals surface area contributed by atoms with Crippen molar-refractivity contribution in [3.8, 4) is 11.1 Å². The quantitative estimate of drug-likeness (QED) is 0.356. The van der Waals surface area contributed by atoms with Crippen LogP contribution in [0.25, 0.3) is 32.7 Å². The van der Waals surface area contributed by atoms with Crippen molar-refractivity contribution in [1.29, 1.82) is 0 Å². The first-order valence-corrected chi connectivity index (χ1v) is 7.83. The Balaban J connectivity index is 2.19. The number of hydrogen-bond donors (Lipinski definition) is 0. The number of rotatable bonds is 1. The van der Waals surface area contributed by atoms with Gasteiger partial charge in [0.05, 0.1) is 0 Å². The van der Waals surface area contributed by atoms with Gasteiger partial charge in [-0.15, -0.1) is 0 Å². The highest BCUT2D eigenvalue weighted by atomic mass is 19.1. The summed E-state index contributed by atoms with van der Waals surface area (Å²) in [4.78, 5) is 0. The van der Waals surface area contributed by atoms with Gasteiger partial charge in [-0.1, -0.05) is 48.5 Å². The molecule has 0 atom stereocenters. The van der Waals surface area contributed by atoms with E-state index in [2.05, 4.69) is 44.2 Å². The molecule has 0 aromatic heterocycles. The summed E-state index contributed by atoms with van der Waals surface area (Å²) in [5.74, 6) is -0.171. The van der Waals surface area contributed by atoms with Crippen LogP contribution in [-0.4, -0.2) is 0 Å². The van der Waals surface area contributed by atoms with E-state index in [0.29, 0.717) is 5.56 Å². The summed E-state index contributed by atoms with van der Waals surface area (Å²) in [6.07, 6.45) is 0. The van der Waals surface area contributed by atoms with Crippen molar-refractivity contribution in [2.45, 2.75) is 13.8 Å². The summed E-state index contributed by atoms with van der Waals surface area (Å²) < 4.78 is 14.4. The van der Waals surface area contributed by atoms with E-state index >= 15 is 0 Å². The second kappa shape index (κ2) is 5.20. The maximum atomic E-state index is 14.4. The minimum absolute atomic E-state index is 0.171. The zero-order chi connectivity index (χ0) is 16.0. The van der Waals surface area contributed by atoms with E-state index in [-0.39, 0.29) is 5.82 Å². The third-order valence-electron chi connectivity index (χ3n) is 4.67. The molecule has 23 heavy (non-hydrogen) atoms. The van der Waals surface area contributed by atoms with E-state index in [0.717, 1.165) is 21.9 Å². The van der Waals surface area contributed by atoms with Gasteiger partial charge in [-0.25, -0.2) is 4.39 Å². The first-order valence-electron chi connectivity index (χ1n) is 7.83. The molecule has 112 valence electrons. The van der Waals surface area contributed by atoms with Gasteiger partial charge < -0.3 is 0 Å². The molecule has 4 rings (SSSR count). The summed E-state index contributed by atoms with van der Waals surface area (Å²) in [6, 6.07) is 21.9. The van der Waals surface area contributed by atoms with Crippen LogP contribution in [0.2, 0.25) is 0 Å². The first kappa shape index (κ1) is 14.0. The second-order valence-corrected chi connectivity index (χ2v) is 6.09. The first-order chi connectivity index (χ1) is 11.1. The molecule has 4 aromatic carbocycles. The fourth-order valence-electron chi connectivity index (χ4n) is 3.35. The van der Waals surface area contributed by atoms with E-state index in [1.807, 2.05) is 24.3 Å². The molecule has 0 saturated heterocycles. The largest absolute Gasteiger partial charge is 0.206 e. The molecule has 1 heteroatoms. The summed E-state index contributed by atoms with van der Waals surface area (Å²) in [6.45, 7) is 4.17. The van der Waals surface area contributed by atoms with Gasteiger partial charge in [0, 0.05) is 5.56 Å². The Labute approximate surface area is 135 Å². The summed E-state index contributed by atoms with van der Waals surface area (Å²) in [5.41, 5.74) is 4.00. The summed E-state index contributed by atoms with van der Waals surface area (Å²) >= 11 is 0. The molecule has 0 bridgehead atoms. The predicted molar refractivity (Wildman–Crippen MR) is 96.3 cm³/mol. The lowest BCUT2D eigenvalue weighted by Gasteiger charge is -2.15. The van der Waals surface area contributed by atoms with Crippen LogP contribution in [0.3, 0.4) is 0 Å². The van der Waals surface area contributed by atoms with Crippen molar-refractivity contribution < 1.29 is 4.39 Å². The Kier molecular flexibility index (Phi) is 3.16. The van der Waals surface area contributed by atoms with Crippen LogP contribution >= 0.6 is 0 Å². The highest BCUT2D eigenvalue weighted by molar-refractivity contribution is 6.06. The molecule has 0 heterocycles. The number of fused-ring (bicyclic) bond motifs is 2. The van der Waals surface area contributed by atoms with Crippen molar-refractivity contribution in [2.24, 2.45) is 0 Å². The van der Waals surface area contributed by atoms with Gasteiger partial charge in [0.2, 0.25) is 0 Å². The lowest BCUT2D eigenvalue weighted by atomic mass is 9.89. The molecule has 0 aliphatic heterocycles. The van der Waals surface area contributed by atoms with Crippen molar-refractivity contribution in [1.82, 2.24) is 0 Å². The maximum Gasteiger partial charge on any atom is 0.131 e. The van der Waals surface area contributed by atoms with E-state index in [1.54, 1.807) is 6.07 Å². The Morgan fingerprint density at radius 2 is 1.35 bits per heavy atom. The van der Waals surface area contributed by atoms with Crippen molar-refractivity contribution >= 4 is 21.5 Å². The molecule has 0 spiro atoms. The molecule has 0 fully saturated rings. The Morgan fingerprint density at radius 3 is 2.09 bits per heavy atom. The molecule has 0 amide bonds. The molecule has 0 aliphatic carbocycles. The van der Waals surface area contributed by atoms with E-state index < -0.39 is 0 Å². The van der Waals surface area contributed by atoms with Crippen LogP contribution in [0.1, 0.15) is 11.1 Å². The maximum absolute atomic E-state index is 14.4. The minimum atomic E-state index is -0.171. The van der Waals surface area contributed by atoms with Crippen molar-refractivity contribution in [2.75, 3.05) is 0 Å². The van der Waals surface area contributed by atoms with Gasteiger partial charge in [0.25, 0.3) is 0 Å². The van der Waals surface area contributed by atoms with E-state index in [9.17, 15) is 4.39 Å². The van der Waals surface area contributed by atoms with Crippen LogP contribution < -0.4 is 0 Å². The monoisotopic (exact) mass is 300 g/mol. The van der Waals surface area contributed by atoms with Gasteiger partial charge in [-0.05, 0) is 70.3 Å². The van der Waals surface area contributed by atoms with Gasteiger partial charge in [-0.3, -0.25) is 0 Å². The Morgan fingerprint density at radius 1 is 0.696 bits per heavy atom. The fraction of sp³-hybridized carbons (Fsp3) is 0.0909. The zero-order valence-corrected chi connectivity index (χ0v) is 13.2. The van der Waals surface area contributed by atoms with Gasteiger partial charge in [0.1, 0.15) is 5.82 Å². The van der Waals surface area contributed by atoms with Crippen LogP contribution in [0.15, 0.2) is 66.7 Å². The topological polar surface area (TPSA) is 0 Å². The van der Waals surface area contributed by atoms with E-state index in [4.69, 9.17) is 0 Å². The highest BCUT2D eigenvalue weighted by Crippen LogP contribution is 2.37. The number of benzene rings is 4. The highest BCUT2D eigenvalue weighted by Gasteiger charge is 2.14. The van der Waals surface area contributed by atoms with Crippen LogP contribution in [0.5, 0.6) is 0 Å². The number of hydrogen-bond acceptors (Lipinski definition) is 0. The molecular formula is C22H17F. The molecule has 0 N–H and O–H groups in total. The van der Waals surface area contributed by atoms with Crippen LogP contribution in [-0.2, 0) is 0 Å². The average molecular weight is 300 g/mol. The summed E-state index contributed by atoms with van der Waals surface area (Å²) in [5, 5.41) is 4.66. The lowest BCUT2D eigenvalue weighted by Crippen LogP contribution is -1.93. The standard InChI is InChI=1S/C22H17F/c1-14-11-18-12-16-7-3-4-8-17(16)13-20(18)22(15(14)2)19-9-5-6-10-21(19)23/h3-13H,1-2H3. The number of aryl methyl sites for hydroxylation is 1. The molecule has 0 radical (unpaired) electrons. The molecule has 0 saturated carbocycles. The van der Waals surface area contributed by atoms with Gasteiger partial charge in [0.15, 0.2) is 0 Å². The molecule has 0 unspecified atom stereocenters. The molecule has 4 aromatic rings.